The maximum absolute atomic E-state index is 13.3. The Morgan fingerprint density at radius 1 is 1.35 bits per heavy atom. The van der Waals surface area contributed by atoms with Crippen LogP contribution >= 0.6 is 27.7 Å². The summed E-state index contributed by atoms with van der Waals surface area (Å²) in [5.74, 6) is -0.0691. The molecule has 2 aromatic rings. The summed E-state index contributed by atoms with van der Waals surface area (Å²) in [6.07, 6.45) is 1.44. The van der Waals surface area contributed by atoms with Crippen LogP contribution in [0.25, 0.3) is 0 Å². The van der Waals surface area contributed by atoms with E-state index in [2.05, 4.69) is 15.9 Å². The minimum absolute atomic E-state index is 0.146. The topological polar surface area (TPSA) is 30.2 Å². The first-order chi connectivity index (χ1) is 8.18. The van der Waals surface area contributed by atoms with Crippen LogP contribution in [-0.4, -0.2) is 11.5 Å². The van der Waals surface area contributed by atoms with Crippen LogP contribution in [0.3, 0.4) is 0 Å². The predicted octanol–water partition coefficient (Wildman–Crippen LogP) is 4.16. The molecule has 1 aromatic heterocycles. The van der Waals surface area contributed by atoms with Crippen molar-refractivity contribution >= 4 is 33.5 Å². The molecule has 2 rings (SSSR count). The van der Waals surface area contributed by atoms with Gasteiger partial charge < -0.3 is 4.42 Å². The molecule has 88 valence electrons. The van der Waals surface area contributed by atoms with Gasteiger partial charge in [-0.15, -0.1) is 11.8 Å². The fraction of sp³-hybridized carbons (Fsp3) is 0.0833. The molecule has 0 aliphatic rings. The zero-order chi connectivity index (χ0) is 12.3. The van der Waals surface area contributed by atoms with E-state index in [1.54, 1.807) is 24.3 Å². The first-order valence-electron chi connectivity index (χ1n) is 4.82. The highest BCUT2D eigenvalue weighted by Gasteiger charge is 2.14. The highest BCUT2D eigenvalue weighted by molar-refractivity contribution is 9.10. The van der Waals surface area contributed by atoms with E-state index in [0.717, 1.165) is 11.8 Å². The van der Waals surface area contributed by atoms with E-state index in [4.69, 9.17) is 4.42 Å². The van der Waals surface area contributed by atoms with Gasteiger partial charge in [0.1, 0.15) is 5.82 Å². The number of benzene rings is 1. The summed E-state index contributed by atoms with van der Waals surface area (Å²) in [5.41, 5.74) is 0. The van der Waals surface area contributed by atoms with Crippen molar-refractivity contribution < 1.29 is 13.6 Å². The van der Waals surface area contributed by atoms with Gasteiger partial charge in [0, 0.05) is 4.90 Å². The molecule has 0 atom stereocenters. The lowest BCUT2D eigenvalue weighted by atomic mass is 10.3. The van der Waals surface area contributed by atoms with Gasteiger partial charge in [-0.2, -0.15) is 0 Å². The zero-order valence-corrected chi connectivity index (χ0v) is 11.1. The van der Waals surface area contributed by atoms with Crippen molar-refractivity contribution in [2.75, 3.05) is 5.75 Å². The summed E-state index contributed by atoms with van der Waals surface area (Å²) in [5, 5.41) is 0. The minimum atomic E-state index is -0.316. The largest absolute Gasteiger partial charge is 0.460 e. The quantitative estimate of drug-likeness (QED) is 0.627. The van der Waals surface area contributed by atoms with Gasteiger partial charge in [0.25, 0.3) is 0 Å². The van der Waals surface area contributed by atoms with Crippen molar-refractivity contribution in [3.63, 3.8) is 0 Å². The normalized spacial score (nSPS) is 10.5. The summed E-state index contributed by atoms with van der Waals surface area (Å²) in [4.78, 5) is 12.2. The van der Waals surface area contributed by atoms with E-state index in [0.29, 0.717) is 9.37 Å². The van der Waals surface area contributed by atoms with Crippen LogP contribution in [0.2, 0.25) is 0 Å². The highest BCUT2D eigenvalue weighted by atomic mass is 79.9. The Morgan fingerprint density at radius 2 is 2.12 bits per heavy atom. The zero-order valence-electron chi connectivity index (χ0n) is 8.65. The summed E-state index contributed by atoms with van der Waals surface area (Å²) >= 11 is 4.37. The number of Topliss-reactive ketones (excluding diaryl/α,β-unsaturated/α-hetero) is 1. The second kappa shape index (κ2) is 5.51. The molecule has 0 aliphatic heterocycles. The number of rotatable bonds is 4. The van der Waals surface area contributed by atoms with Crippen molar-refractivity contribution in [3.8, 4) is 0 Å². The van der Waals surface area contributed by atoms with Gasteiger partial charge in [0.2, 0.25) is 5.78 Å². The third-order valence-electron chi connectivity index (χ3n) is 2.07. The Balaban J connectivity index is 2.02. The van der Waals surface area contributed by atoms with E-state index in [9.17, 15) is 9.18 Å². The van der Waals surface area contributed by atoms with Crippen molar-refractivity contribution in [2.45, 2.75) is 4.90 Å². The number of carbonyl (C=O) groups is 1. The van der Waals surface area contributed by atoms with E-state index >= 15 is 0 Å². The standard InChI is InChI=1S/C12H8BrFO2S/c13-8-5-6-16-12(8)10(15)7-17-11-4-2-1-3-9(11)14/h1-6H,7H2. The van der Waals surface area contributed by atoms with Crippen LogP contribution in [-0.2, 0) is 0 Å². The first kappa shape index (κ1) is 12.4. The summed E-state index contributed by atoms with van der Waals surface area (Å²) in [6, 6.07) is 8.02. The van der Waals surface area contributed by atoms with Gasteiger partial charge in [0.15, 0.2) is 5.76 Å². The molecule has 5 heteroatoms. The molecular formula is C12H8BrFO2S. The minimum Gasteiger partial charge on any atom is -0.460 e. The maximum atomic E-state index is 13.3. The van der Waals surface area contributed by atoms with Crippen molar-refractivity contribution in [3.05, 3.63) is 52.6 Å². The Hall–Kier alpha value is -1.07. The van der Waals surface area contributed by atoms with Crippen LogP contribution in [0.5, 0.6) is 0 Å². The van der Waals surface area contributed by atoms with E-state index < -0.39 is 0 Å². The monoisotopic (exact) mass is 314 g/mol. The van der Waals surface area contributed by atoms with Gasteiger partial charge in [-0.3, -0.25) is 4.79 Å². The van der Waals surface area contributed by atoms with Crippen molar-refractivity contribution in [1.29, 1.82) is 0 Å². The van der Waals surface area contributed by atoms with E-state index in [-0.39, 0.29) is 23.1 Å². The van der Waals surface area contributed by atoms with Gasteiger partial charge >= 0.3 is 0 Å². The third kappa shape index (κ3) is 2.98. The number of carbonyl (C=O) groups excluding carboxylic acids is 1. The number of thioether (sulfide) groups is 1. The van der Waals surface area contributed by atoms with Crippen molar-refractivity contribution in [2.24, 2.45) is 0 Å². The molecule has 0 N–H and O–H groups in total. The van der Waals surface area contributed by atoms with Crippen LogP contribution < -0.4 is 0 Å². The number of halogens is 2. The molecular weight excluding hydrogens is 307 g/mol. The Bertz CT molecular complexity index is 539. The van der Waals surface area contributed by atoms with Crippen molar-refractivity contribution in [1.82, 2.24) is 0 Å². The second-order valence-electron chi connectivity index (χ2n) is 3.24. The molecule has 0 saturated carbocycles. The van der Waals surface area contributed by atoms with Crippen LogP contribution in [0.1, 0.15) is 10.6 Å². The highest BCUT2D eigenvalue weighted by Crippen LogP contribution is 2.24. The Kier molecular flexibility index (Phi) is 4.02. The maximum Gasteiger partial charge on any atom is 0.209 e. The van der Waals surface area contributed by atoms with Gasteiger partial charge in [-0.05, 0) is 34.1 Å². The number of ketones is 1. The second-order valence-corrected chi connectivity index (χ2v) is 5.11. The molecule has 0 unspecified atom stereocenters. The molecule has 0 radical (unpaired) electrons. The van der Waals surface area contributed by atoms with E-state index in [1.807, 2.05) is 0 Å². The number of hydrogen-bond donors (Lipinski definition) is 0. The molecule has 2 nitrogen and oxygen atoms in total. The van der Waals surface area contributed by atoms with Gasteiger partial charge in [-0.25, -0.2) is 4.39 Å². The molecule has 17 heavy (non-hydrogen) atoms. The lowest BCUT2D eigenvalue weighted by Gasteiger charge is -2.01. The smallest absolute Gasteiger partial charge is 0.209 e. The molecule has 0 aliphatic carbocycles. The molecule has 0 spiro atoms. The molecule has 0 fully saturated rings. The van der Waals surface area contributed by atoms with E-state index in [1.165, 1.54) is 12.3 Å². The fourth-order valence-electron chi connectivity index (χ4n) is 1.26. The van der Waals surface area contributed by atoms with Gasteiger partial charge in [0.05, 0.1) is 16.5 Å². The molecule has 1 heterocycles. The summed E-state index contributed by atoms with van der Waals surface area (Å²) in [7, 11) is 0. The molecule has 1 aromatic carbocycles. The molecule has 0 amide bonds. The average Bonchev–Trinajstić information content (AvgIpc) is 2.74. The summed E-state index contributed by atoms with van der Waals surface area (Å²) < 4.78 is 19.0. The Labute approximate surface area is 110 Å². The molecule has 0 saturated heterocycles. The fourth-order valence-corrected chi connectivity index (χ4v) is 2.48. The lowest BCUT2D eigenvalue weighted by molar-refractivity contribution is 0.0991. The number of furan rings is 1. The SMILES string of the molecule is O=C(CSc1ccccc1F)c1occc1Br. The van der Waals surface area contributed by atoms with Gasteiger partial charge in [-0.1, -0.05) is 12.1 Å². The first-order valence-corrected chi connectivity index (χ1v) is 6.60. The van der Waals surface area contributed by atoms with Crippen LogP contribution in [0.15, 0.2) is 50.4 Å². The lowest BCUT2D eigenvalue weighted by Crippen LogP contribution is -2.01. The average molecular weight is 315 g/mol. The third-order valence-corrected chi connectivity index (χ3v) is 3.74. The Morgan fingerprint density at radius 3 is 2.76 bits per heavy atom. The number of hydrogen-bond acceptors (Lipinski definition) is 3. The summed E-state index contributed by atoms with van der Waals surface area (Å²) in [6.45, 7) is 0. The van der Waals surface area contributed by atoms with Crippen LogP contribution in [0, 0.1) is 5.82 Å². The predicted molar refractivity (Wildman–Crippen MR) is 67.9 cm³/mol. The van der Waals surface area contributed by atoms with Crippen LogP contribution in [0.4, 0.5) is 4.39 Å². The molecule has 0 bridgehead atoms.